The van der Waals surface area contributed by atoms with Crippen LogP contribution >= 0.6 is 0 Å². The molecule has 0 unspecified atom stereocenters. The number of alkyl halides is 3. The Labute approximate surface area is 163 Å². The first kappa shape index (κ1) is 20.6. The molecule has 0 saturated carbocycles. The van der Waals surface area contributed by atoms with Crippen LogP contribution in [0, 0.1) is 17.1 Å². The van der Waals surface area contributed by atoms with Crippen LogP contribution in [0.25, 0.3) is 0 Å². The predicted octanol–water partition coefficient (Wildman–Crippen LogP) is 3.16. The van der Waals surface area contributed by atoms with E-state index >= 15 is 0 Å². The molecule has 152 valence electrons. The van der Waals surface area contributed by atoms with E-state index in [1.54, 1.807) is 0 Å². The predicted molar refractivity (Wildman–Crippen MR) is 94.6 cm³/mol. The van der Waals surface area contributed by atoms with Gasteiger partial charge in [-0.1, -0.05) is 12.1 Å². The average molecular weight is 427 g/mol. The van der Waals surface area contributed by atoms with Crippen molar-refractivity contribution >= 4 is 21.6 Å². The zero-order valence-electron chi connectivity index (χ0n) is 14.6. The van der Waals surface area contributed by atoms with Gasteiger partial charge in [-0.3, -0.25) is 9.52 Å². The molecule has 0 saturated heterocycles. The summed E-state index contributed by atoms with van der Waals surface area (Å²) in [5, 5.41) is 8.90. The second kappa shape index (κ2) is 7.36. The molecule has 2 aromatic rings. The van der Waals surface area contributed by atoms with Gasteiger partial charge in [0, 0.05) is 18.8 Å². The number of hydrogen-bond acceptors (Lipinski definition) is 4. The summed E-state index contributed by atoms with van der Waals surface area (Å²) in [6.07, 6.45) is 0.344. The number of nitriles is 1. The summed E-state index contributed by atoms with van der Waals surface area (Å²) in [5.41, 5.74) is -4.74. The highest BCUT2D eigenvalue weighted by Crippen LogP contribution is 2.27. The standard InChI is InChI=1S/C18H13F4N3O3S/c19-15-8-12(9-23)7-13-5-6-25(17(26)16(13)15)10-11-1-3-14(4-2-11)24-29(27,28)18(20,21)22/h1-4,7-8,24H,5-6,10H2. The number of sulfonamides is 1. The number of halogens is 4. The Morgan fingerprint density at radius 2 is 1.83 bits per heavy atom. The third-order valence-corrected chi connectivity index (χ3v) is 5.45. The van der Waals surface area contributed by atoms with Gasteiger partial charge in [-0.25, -0.2) is 4.39 Å². The van der Waals surface area contributed by atoms with Gasteiger partial charge in [-0.15, -0.1) is 0 Å². The second-order valence-electron chi connectivity index (χ2n) is 6.33. The molecular weight excluding hydrogens is 414 g/mol. The number of nitrogens with zero attached hydrogens (tertiary/aromatic N) is 2. The van der Waals surface area contributed by atoms with Crippen molar-refractivity contribution in [2.75, 3.05) is 11.3 Å². The minimum absolute atomic E-state index is 0.0595. The summed E-state index contributed by atoms with van der Waals surface area (Å²) < 4.78 is 75.1. The fourth-order valence-electron chi connectivity index (χ4n) is 2.94. The first-order valence-corrected chi connectivity index (χ1v) is 9.70. The van der Waals surface area contributed by atoms with Gasteiger partial charge in [0.1, 0.15) is 5.82 Å². The molecule has 3 rings (SSSR count). The summed E-state index contributed by atoms with van der Waals surface area (Å²) >= 11 is 0. The molecule has 2 aromatic carbocycles. The number of amides is 1. The molecule has 1 heterocycles. The van der Waals surface area contributed by atoms with Crippen LogP contribution in [0.5, 0.6) is 0 Å². The minimum atomic E-state index is -5.52. The van der Waals surface area contributed by atoms with Crippen LogP contribution in [0.15, 0.2) is 36.4 Å². The molecule has 11 heteroatoms. The van der Waals surface area contributed by atoms with E-state index in [0.717, 1.165) is 18.2 Å². The lowest BCUT2D eigenvalue weighted by atomic mass is 9.96. The Kier molecular flexibility index (Phi) is 5.23. The van der Waals surface area contributed by atoms with E-state index in [0.29, 0.717) is 17.5 Å². The topological polar surface area (TPSA) is 90.3 Å². The molecule has 29 heavy (non-hydrogen) atoms. The Bertz CT molecular complexity index is 1110. The van der Waals surface area contributed by atoms with Crippen LogP contribution in [-0.2, 0) is 23.0 Å². The van der Waals surface area contributed by atoms with Gasteiger partial charge >= 0.3 is 15.5 Å². The van der Waals surface area contributed by atoms with Crippen molar-refractivity contribution in [3.05, 3.63) is 64.5 Å². The maximum absolute atomic E-state index is 14.2. The van der Waals surface area contributed by atoms with E-state index in [-0.39, 0.29) is 29.9 Å². The van der Waals surface area contributed by atoms with Gasteiger partial charge in [0.05, 0.1) is 17.2 Å². The molecule has 1 amide bonds. The Morgan fingerprint density at radius 3 is 2.41 bits per heavy atom. The summed E-state index contributed by atoms with van der Waals surface area (Å²) in [6.45, 7) is 0.326. The van der Waals surface area contributed by atoms with Crippen LogP contribution < -0.4 is 4.72 Å². The van der Waals surface area contributed by atoms with Crippen molar-refractivity contribution in [3.8, 4) is 6.07 Å². The number of benzene rings is 2. The zero-order valence-corrected chi connectivity index (χ0v) is 15.4. The lowest BCUT2D eigenvalue weighted by Crippen LogP contribution is -2.37. The van der Waals surface area contributed by atoms with Crippen molar-refractivity contribution in [2.24, 2.45) is 0 Å². The van der Waals surface area contributed by atoms with Crippen molar-refractivity contribution in [3.63, 3.8) is 0 Å². The van der Waals surface area contributed by atoms with E-state index in [4.69, 9.17) is 5.26 Å². The maximum Gasteiger partial charge on any atom is 0.516 e. The number of carbonyl (C=O) groups excluding carboxylic acids is 1. The SMILES string of the molecule is N#Cc1cc(F)c2c(c1)CCN(Cc1ccc(NS(=O)(=O)C(F)(F)F)cc1)C2=O. The first-order chi connectivity index (χ1) is 13.5. The molecule has 1 N–H and O–H groups in total. The summed E-state index contributed by atoms with van der Waals surface area (Å²) in [5.74, 6) is -1.35. The number of rotatable bonds is 4. The van der Waals surface area contributed by atoms with E-state index in [1.165, 1.54) is 27.8 Å². The van der Waals surface area contributed by atoms with Crippen LogP contribution in [0.2, 0.25) is 0 Å². The van der Waals surface area contributed by atoms with E-state index in [9.17, 15) is 30.8 Å². The van der Waals surface area contributed by atoms with Gasteiger partial charge in [0.15, 0.2) is 0 Å². The fraction of sp³-hybridized carbons (Fsp3) is 0.222. The van der Waals surface area contributed by atoms with Gasteiger partial charge in [-0.2, -0.15) is 26.9 Å². The number of anilines is 1. The molecule has 0 bridgehead atoms. The molecule has 0 fully saturated rings. The molecule has 1 aliphatic rings. The van der Waals surface area contributed by atoms with Gasteiger partial charge in [0.25, 0.3) is 5.91 Å². The molecule has 0 spiro atoms. The summed E-state index contributed by atoms with van der Waals surface area (Å²) in [7, 11) is -5.52. The highest BCUT2D eigenvalue weighted by molar-refractivity contribution is 7.93. The van der Waals surface area contributed by atoms with Crippen molar-refractivity contribution in [1.29, 1.82) is 5.26 Å². The van der Waals surface area contributed by atoms with Gasteiger partial charge in [-0.05, 0) is 41.8 Å². The number of carbonyl (C=O) groups is 1. The Balaban J connectivity index is 1.75. The summed E-state index contributed by atoms with van der Waals surface area (Å²) in [4.78, 5) is 14.0. The van der Waals surface area contributed by atoms with Gasteiger partial charge < -0.3 is 4.90 Å². The smallest absolute Gasteiger partial charge is 0.334 e. The monoisotopic (exact) mass is 427 g/mol. The number of nitrogens with one attached hydrogen (secondary N) is 1. The minimum Gasteiger partial charge on any atom is -0.334 e. The highest BCUT2D eigenvalue weighted by Gasteiger charge is 2.46. The zero-order chi connectivity index (χ0) is 21.4. The Hall–Kier alpha value is -3.13. The van der Waals surface area contributed by atoms with Crippen LogP contribution in [-0.4, -0.2) is 31.3 Å². The second-order valence-corrected chi connectivity index (χ2v) is 8.00. The Morgan fingerprint density at radius 1 is 1.17 bits per heavy atom. The third-order valence-electron chi connectivity index (χ3n) is 4.34. The van der Waals surface area contributed by atoms with Crippen molar-refractivity contribution in [1.82, 2.24) is 4.90 Å². The first-order valence-electron chi connectivity index (χ1n) is 8.21. The summed E-state index contributed by atoms with van der Waals surface area (Å²) in [6, 6.07) is 9.30. The van der Waals surface area contributed by atoms with Crippen LogP contribution in [0.4, 0.5) is 23.2 Å². The molecule has 1 aliphatic heterocycles. The van der Waals surface area contributed by atoms with Crippen molar-refractivity contribution < 1.29 is 30.8 Å². The third kappa shape index (κ3) is 4.17. The highest BCUT2D eigenvalue weighted by atomic mass is 32.2. The molecule has 0 radical (unpaired) electrons. The quantitative estimate of drug-likeness (QED) is 0.759. The molecule has 0 aromatic heterocycles. The largest absolute Gasteiger partial charge is 0.516 e. The van der Waals surface area contributed by atoms with Gasteiger partial charge in [0.2, 0.25) is 0 Å². The van der Waals surface area contributed by atoms with Crippen molar-refractivity contribution in [2.45, 2.75) is 18.5 Å². The van der Waals surface area contributed by atoms with E-state index in [2.05, 4.69) is 0 Å². The van der Waals surface area contributed by atoms with E-state index < -0.39 is 27.3 Å². The molecular formula is C18H13F4N3O3S. The lowest BCUT2D eigenvalue weighted by Gasteiger charge is -2.29. The van der Waals surface area contributed by atoms with Crippen LogP contribution in [0.3, 0.4) is 0 Å². The average Bonchev–Trinajstić information content (AvgIpc) is 2.64. The number of fused-ring (bicyclic) bond motifs is 1. The molecule has 0 atom stereocenters. The van der Waals surface area contributed by atoms with E-state index in [1.807, 2.05) is 6.07 Å². The van der Waals surface area contributed by atoms with Crippen LogP contribution in [0.1, 0.15) is 27.0 Å². The molecule has 0 aliphatic carbocycles. The fourth-order valence-corrected chi connectivity index (χ4v) is 3.50. The lowest BCUT2D eigenvalue weighted by molar-refractivity contribution is -0.0429. The normalized spacial score (nSPS) is 14.3. The number of hydrogen-bond donors (Lipinski definition) is 1. The maximum atomic E-state index is 14.2. The molecule has 6 nitrogen and oxygen atoms in total.